The number of fused-ring (bicyclic) bond motifs is 5. The molecule has 0 amide bonds. The van der Waals surface area contributed by atoms with Gasteiger partial charge in [0.2, 0.25) is 11.6 Å². The van der Waals surface area contributed by atoms with E-state index in [1.165, 1.54) is 44.1 Å². The molecule has 6 aromatic carbocycles. The average Bonchev–Trinajstić information content (AvgIpc) is 3.33. The Kier molecular flexibility index (Phi) is 7.37. The molecule has 2 aromatic heterocycles. The molecule has 6 nitrogen and oxygen atoms in total. The Hall–Kier alpha value is -6.40. The molecule has 0 spiro atoms. The smallest absolute Gasteiger partial charge is 0.204 e. The first kappa shape index (κ1) is 31.6. The molecule has 0 saturated carbocycles. The lowest BCUT2D eigenvalue weighted by atomic mass is 9.99. The fourth-order valence-corrected chi connectivity index (χ4v) is 8.06. The summed E-state index contributed by atoms with van der Waals surface area (Å²) in [6.07, 6.45) is 4.38. The first-order valence-electron chi connectivity index (χ1n) is 17.7. The summed E-state index contributed by atoms with van der Waals surface area (Å²) in [5, 5.41) is 21.2. The molecule has 0 unspecified atom stereocenters. The average molecular weight is 675 g/mol. The number of benzene rings is 6. The summed E-state index contributed by atoms with van der Waals surface area (Å²) in [5.41, 5.74) is 17.9. The van der Waals surface area contributed by atoms with E-state index in [-0.39, 0.29) is 0 Å². The van der Waals surface area contributed by atoms with Gasteiger partial charge in [0.05, 0.1) is 22.4 Å². The third-order valence-corrected chi connectivity index (χ3v) is 10.4. The maximum atomic E-state index is 4.68. The maximum absolute atomic E-state index is 4.68. The van der Waals surface area contributed by atoms with Crippen LogP contribution in [0.1, 0.15) is 44.5 Å². The van der Waals surface area contributed by atoms with Crippen molar-refractivity contribution in [2.45, 2.75) is 41.5 Å². The van der Waals surface area contributed by atoms with Crippen LogP contribution in [-0.4, -0.2) is 25.0 Å². The van der Waals surface area contributed by atoms with Crippen LogP contribution in [0.2, 0.25) is 0 Å². The number of para-hydroxylation sites is 2. The standard InChI is InChI=1S/C46H38N6/c1-27-15-19-41-37(21-27)38-22-28(2)16-20-42(38)52(41)36-25-31(5)44(32(6)26-36)46-49-47-45(48-50-46)43-29(3)23-35(24-30(43)4)51-39-13-9-7-11-33(39)17-18-34-12-8-10-14-40(34)51/h7-26H,1-6H3. The van der Waals surface area contributed by atoms with Gasteiger partial charge in [0.25, 0.3) is 0 Å². The number of aryl methyl sites for hydroxylation is 6. The van der Waals surface area contributed by atoms with Crippen molar-refractivity contribution in [3.05, 3.63) is 154 Å². The molecule has 0 saturated heterocycles. The molecule has 0 radical (unpaired) electrons. The second-order valence-electron chi connectivity index (χ2n) is 14.1. The molecule has 0 fully saturated rings. The lowest BCUT2D eigenvalue weighted by Crippen LogP contribution is -2.12. The molecule has 0 aliphatic carbocycles. The van der Waals surface area contributed by atoms with Crippen molar-refractivity contribution in [1.82, 2.24) is 25.0 Å². The van der Waals surface area contributed by atoms with Crippen LogP contribution in [0.25, 0.3) is 62.4 Å². The molecule has 0 atom stereocenters. The van der Waals surface area contributed by atoms with Gasteiger partial charge in [-0.15, -0.1) is 20.4 Å². The molecular formula is C46H38N6. The van der Waals surface area contributed by atoms with Crippen LogP contribution in [0.15, 0.2) is 109 Å². The molecule has 6 heteroatoms. The zero-order valence-corrected chi connectivity index (χ0v) is 30.2. The first-order valence-corrected chi connectivity index (χ1v) is 17.7. The van der Waals surface area contributed by atoms with Gasteiger partial charge in [0, 0.05) is 33.3 Å². The normalized spacial score (nSPS) is 12.3. The lowest BCUT2D eigenvalue weighted by Gasteiger charge is -2.28. The van der Waals surface area contributed by atoms with Gasteiger partial charge < -0.3 is 9.47 Å². The molecule has 252 valence electrons. The lowest BCUT2D eigenvalue weighted by molar-refractivity contribution is 0.871. The summed E-state index contributed by atoms with van der Waals surface area (Å²) in [5.74, 6) is 1.04. The van der Waals surface area contributed by atoms with E-state index in [1.54, 1.807) is 0 Å². The van der Waals surface area contributed by atoms with Crippen molar-refractivity contribution >= 4 is 51.0 Å². The molecule has 1 aliphatic heterocycles. The second-order valence-corrected chi connectivity index (χ2v) is 14.1. The fraction of sp³-hybridized carbons (Fsp3) is 0.130. The Morgan fingerprint density at radius 1 is 0.423 bits per heavy atom. The van der Waals surface area contributed by atoms with Gasteiger partial charge in [-0.2, -0.15) is 0 Å². The molecule has 9 rings (SSSR count). The van der Waals surface area contributed by atoms with Crippen LogP contribution in [0.4, 0.5) is 17.1 Å². The Morgan fingerprint density at radius 3 is 1.27 bits per heavy atom. The van der Waals surface area contributed by atoms with E-state index < -0.39 is 0 Å². The number of nitrogens with zero attached hydrogens (tertiary/aromatic N) is 6. The Balaban J connectivity index is 1.08. The van der Waals surface area contributed by atoms with E-state index in [4.69, 9.17) is 0 Å². The Morgan fingerprint density at radius 2 is 0.827 bits per heavy atom. The van der Waals surface area contributed by atoms with Crippen molar-refractivity contribution in [2.24, 2.45) is 0 Å². The third kappa shape index (κ3) is 5.10. The van der Waals surface area contributed by atoms with Crippen LogP contribution in [-0.2, 0) is 0 Å². The highest BCUT2D eigenvalue weighted by Gasteiger charge is 2.23. The van der Waals surface area contributed by atoms with Gasteiger partial charge >= 0.3 is 0 Å². The highest BCUT2D eigenvalue weighted by atomic mass is 15.3. The van der Waals surface area contributed by atoms with Crippen LogP contribution in [0.3, 0.4) is 0 Å². The van der Waals surface area contributed by atoms with Gasteiger partial charge in [0.15, 0.2) is 0 Å². The summed E-state index contributed by atoms with van der Waals surface area (Å²) in [6, 6.07) is 39.3. The highest BCUT2D eigenvalue weighted by molar-refractivity contribution is 6.09. The van der Waals surface area contributed by atoms with Gasteiger partial charge in [-0.3, -0.25) is 0 Å². The third-order valence-electron chi connectivity index (χ3n) is 10.4. The predicted molar refractivity (Wildman–Crippen MR) is 215 cm³/mol. The molecule has 52 heavy (non-hydrogen) atoms. The van der Waals surface area contributed by atoms with Crippen molar-refractivity contribution in [3.8, 4) is 28.5 Å². The largest absolute Gasteiger partial charge is 0.309 e. The molecule has 0 bridgehead atoms. The van der Waals surface area contributed by atoms with Crippen LogP contribution >= 0.6 is 0 Å². The van der Waals surface area contributed by atoms with Crippen LogP contribution in [0, 0.1) is 41.5 Å². The summed E-state index contributed by atoms with van der Waals surface area (Å²) in [7, 11) is 0. The van der Waals surface area contributed by atoms with Gasteiger partial charge in [0.1, 0.15) is 0 Å². The topological polar surface area (TPSA) is 59.7 Å². The monoisotopic (exact) mass is 674 g/mol. The van der Waals surface area contributed by atoms with Crippen LogP contribution in [0.5, 0.6) is 0 Å². The Bertz CT molecular complexity index is 2600. The maximum Gasteiger partial charge on any atom is 0.204 e. The minimum atomic E-state index is 0.520. The second kappa shape index (κ2) is 12.1. The van der Waals surface area contributed by atoms with E-state index >= 15 is 0 Å². The zero-order valence-electron chi connectivity index (χ0n) is 30.2. The number of aromatic nitrogens is 5. The number of hydrogen-bond acceptors (Lipinski definition) is 5. The quantitative estimate of drug-likeness (QED) is 0.186. The zero-order chi connectivity index (χ0) is 35.7. The fourth-order valence-electron chi connectivity index (χ4n) is 8.06. The first-order chi connectivity index (χ1) is 25.2. The summed E-state index contributed by atoms with van der Waals surface area (Å²) >= 11 is 0. The van der Waals surface area contributed by atoms with Crippen molar-refractivity contribution in [2.75, 3.05) is 4.90 Å². The minimum absolute atomic E-state index is 0.520. The minimum Gasteiger partial charge on any atom is -0.309 e. The molecule has 3 heterocycles. The van der Waals surface area contributed by atoms with Crippen molar-refractivity contribution < 1.29 is 0 Å². The van der Waals surface area contributed by atoms with E-state index in [9.17, 15) is 0 Å². The molecule has 8 aromatic rings. The highest BCUT2D eigenvalue weighted by Crippen LogP contribution is 2.43. The molecular weight excluding hydrogens is 637 g/mol. The van der Waals surface area contributed by atoms with E-state index in [2.05, 4.69) is 193 Å². The van der Waals surface area contributed by atoms with Crippen molar-refractivity contribution in [3.63, 3.8) is 0 Å². The number of anilines is 3. The molecule has 1 aliphatic rings. The van der Waals surface area contributed by atoms with Gasteiger partial charge in [-0.05, 0) is 136 Å². The number of hydrogen-bond donors (Lipinski definition) is 0. The Labute approximate surface area is 303 Å². The van der Waals surface area contributed by atoms with Crippen molar-refractivity contribution in [1.29, 1.82) is 0 Å². The van der Waals surface area contributed by atoms with Crippen LogP contribution < -0.4 is 4.90 Å². The van der Waals surface area contributed by atoms with E-state index in [1.807, 2.05) is 0 Å². The SMILES string of the molecule is Cc1ccc2c(c1)c1cc(C)ccc1n2-c1cc(C)c(-c2nnc(-c3c(C)cc(N4c5ccccc5C=Cc5ccccc54)cc3C)nn2)c(C)c1. The summed E-state index contributed by atoms with van der Waals surface area (Å²) in [6.45, 7) is 12.8. The van der Waals surface area contributed by atoms with E-state index in [0.717, 1.165) is 56.1 Å². The molecule has 0 N–H and O–H groups in total. The summed E-state index contributed by atoms with van der Waals surface area (Å²) in [4.78, 5) is 2.34. The number of rotatable bonds is 4. The predicted octanol–water partition coefficient (Wildman–Crippen LogP) is 11.5. The summed E-state index contributed by atoms with van der Waals surface area (Å²) < 4.78 is 2.36. The van der Waals surface area contributed by atoms with Gasteiger partial charge in [-0.1, -0.05) is 71.8 Å². The van der Waals surface area contributed by atoms with Gasteiger partial charge in [-0.25, -0.2) is 0 Å². The van der Waals surface area contributed by atoms with E-state index in [0.29, 0.717) is 11.6 Å².